The molecule has 1 N–H and O–H groups in total. The van der Waals surface area contributed by atoms with Crippen molar-refractivity contribution in [3.8, 4) is 10.6 Å². The van der Waals surface area contributed by atoms with Crippen molar-refractivity contribution in [1.29, 1.82) is 0 Å². The second-order valence-corrected chi connectivity index (χ2v) is 8.49. The van der Waals surface area contributed by atoms with Crippen molar-refractivity contribution in [2.75, 3.05) is 32.0 Å². The highest BCUT2D eigenvalue weighted by atomic mass is 35.5. The lowest BCUT2D eigenvalue weighted by molar-refractivity contribution is 0.215. The number of hydrogen-bond acceptors (Lipinski definition) is 5. The van der Waals surface area contributed by atoms with Crippen LogP contribution in [0.3, 0.4) is 0 Å². The fourth-order valence-corrected chi connectivity index (χ4v) is 4.78. The van der Waals surface area contributed by atoms with Crippen LogP contribution in [0.15, 0.2) is 36.5 Å². The number of aromatic nitrogens is 2. The van der Waals surface area contributed by atoms with Gasteiger partial charge in [-0.3, -0.25) is 0 Å². The van der Waals surface area contributed by atoms with Crippen molar-refractivity contribution in [1.82, 2.24) is 14.9 Å². The summed E-state index contributed by atoms with van der Waals surface area (Å²) in [4.78, 5) is 12.5. The molecule has 136 valence electrons. The number of benzene rings is 1. The molecule has 4 rings (SSSR count). The highest BCUT2D eigenvalue weighted by Crippen LogP contribution is 2.36. The van der Waals surface area contributed by atoms with E-state index < -0.39 is 0 Å². The van der Waals surface area contributed by atoms with Crippen molar-refractivity contribution in [2.45, 2.75) is 19.3 Å². The van der Waals surface area contributed by atoms with Crippen LogP contribution in [0.2, 0.25) is 5.02 Å². The summed E-state index contributed by atoms with van der Waals surface area (Å²) in [7, 11) is 2.20. The zero-order valence-electron chi connectivity index (χ0n) is 14.9. The van der Waals surface area contributed by atoms with E-state index in [4.69, 9.17) is 11.6 Å². The summed E-state index contributed by atoms with van der Waals surface area (Å²) in [5, 5.41) is 5.20. The summed E-state index contributed by atoms with van der Waals surface area (Å²) in [6.07, 6.45) is 5.43. The molecule has 0 atom stereocenters. The van der Waals surface area contributed by atoms with Gasteiger partial charge >= 0.3 is 0 Å². The fourth-order valence-electron chi connectivity index (χ4n) is 3.46. The number of hydrogen-bond donors (Lipinski definition) is 1. The molecule has 3 heterocycles. The van der Waals surface area contributed by atoms with Gasteiger partial charge in [0, 0.05) is 11.2 Å². The molecule has 0 bridgehead atoms. The van der Waals surface area contributed by atoms with Crippen LogP contribution in [0.4, 0.5) is 5.95 Å². The summed E-state index contributed by atoms with van der Waals surface area (Å²) in [6.45, 7) is 3.32. The second-order valence-electron chi connectivity index (χ2n) is 7.00. The van der Waals surface area contributed by atoms with E-state index in [2.05, 4.69) is 57.6 Å². The van der Waals surface area contributed by atoms with Crippen molar-refractivity contribution in [3.05, 3.63) is 41.6 Å². The van der Waals surface area contributed by atoms with E-state index in [-0.39, 0.29) is 0 Å². The van der Waals surface area contributed by atoms with Gasteiger partial charge < -0.3 is 10.2 Å². The topological polar surface area (TPSA) is 41.0 Å². The maximum Gasteiger partial charge on any atom is 0.223 e. The van der Waals surface area contributed by atoms with Crippen LogP contribution in [0.1, 0.15) is 19.3 Å². The Bertz CT molecular complexity index is 853. The predicted molar refractivity (Wildman–Crippen MR) is 111 cm³/mol. The third-order valence-electron chi connectivity index (χ3n) is 5.08. The Morgan fingerprint density at radius 3 is 2.88 bits per heavy atom. The van der Waals surface area contributed by atoms with E-state index in [1.54, 1.807) is 17.5 Å². The maximum atomic E-state index is 6.38. The highest BCUT2D eigenvalue weighted by molar-refractivity contribution is 7.22. The van der Waals surface area contributed by atoms with E-state index in [0.717, 1.165) is 29.5 Å². The van der Waals surface area contributed by atoms with Crippen LogP contribution in [0, 0.1) is 5.92 Å². The smallest absolute Gasteiger partial charge is 0.223 e. The molecular weight excluding hydrogens is 364 g/mol. The standard InChI is InChI=1S/C20H23ClN4S/c1-25-10-7-14(8-11-25)6-9-22-20-23-13-16(21)19(24-20)18-12-15-4-2-3-5-17(15)26-18/h2-5,12-14H,6-11H2,1H3,(H,22,23,24). The highest BCUT2D eigenvalue weighted by Gasteiger charge is 2.16. The van der Waals surface area contributed by atoms with Crippen LogP contribution in [-0.4, -0.2) is 41.5 Å². The molecule has 1 fully saturated rings. The van der Waals surface area contributed by atoms with Gasteiger partial charge in [0.2, 0.25) is 5.95 Å². The molecule has 1 aliphatic heterocycles. The molecule has 4 nitrogen and oxygen atoms in total. The molecule has 26 heavy (non-hydrogen) atoms. The molecule has 1 aliphatic rings. The molecular formula is C20H23ClN4S. The average Bonchev–Trinajstić information content (AvgIpc) is 3.08. The fraction of sp³-hybridized carbons (Fsp3) is 0.400. The third-order valence-corrected chi connectivity index (χ3v) is 6.48. The molecule has 6 heteroatoms. The number of piperidine rings is 1. The summed E-state index contributed by atoms with van der Waals surface area (Å²) in [5.74, 6) is 1.46. The van der Waals surface area contributed by atoms with Gasteiger partial charge in [0.1, 0.15) is 5.69 Å². The number of nitrogens with one attached hydrogen (secondary N) is 1. The SMILES string of the molecule is CN1CCC(CCNc2ncc(Cl)c(-c3cc4ccccc4s3)n2)CC1. The molecule has 0 saturated carbocycles. The minimum atomic E-state index is 0.595. The van der Waals surface area contributed by atoms with Crippen LogP contribution in [0.5, 0.6) is 0 Å². The quantitative estimate of drug-likeness (QED) is 0.657. The summed E-state index contributed by atoms with van der Waals surface area (Å²) in [5.41, 5.74) is 0.810. The minimum absolute atomic E-state index is 0.595. The van der Waals surface area contributed by atoms with Crippen LogP contribution in [-0.2, 0) is 0 Å². The van der Waals surface area contributed by atoms with Gasteiger partial charge in [-0.25, -0.2) is 9.97 Å². The summed E-state index contributed by atoms with van der Waals surface area (Å²) in [6, 6.07) is 10.5. The predicted octanol–water partition coefficient (Wildman–Crippen LogP) is 5.16. The molecule has 1 aromatic carbocycles. The van der Waals surface area contributed by atoms with Gasteiger partial charge in [0.25, 0.3) is 0 Å². The summed E-state index contributed by atoms with van der Waals surface area (Å²) < 4.78 is 1.24. The first-order chi connectivity index (χ1) is 12.7. The van der Waals surface area contributed by atoms with Gasteiger partial charge in [0.15, 0.2) is 0 Å². The number of nitrogens with zero attached hydrogens (tertiary/aromatic N) is 3. The lowest BCUT2D eigenvalue weighted by atomic mass is 9.94. The second kappa shape index (κ2) is 7.91. The van der Waals surface area contributed by atoms with Crippen molar-refractivity contribution < 1.29 is 0 Å². The molecule has 0 aliphatic carbocycles. The lowest BCUT2D eigenvalue weighted by Gasteiger charge is -2.28. The first-order valence-corrected chi connectivity index (χ1v) is 10.3. The van der Waals surface area contributed by atoms with E-state index in [0.29, 0.717) is 11.0 Å². The van der Waals surface area contributed by atoms with Gasteiger partial charge in [0.05, 0.1) is 16.1 Å². The summed E-state index contributed by atoms with van der Waals surface area (Å²) >= 11 is 8.09. The van der Waals surface area contributed by atoms with E-state index in [1.807, 2.05) is 0 Å². The largest absolute Gasteiger partial charge is 0.354 e. The molecule has 0 spiro atoms. The Kier molecular flexibility index (Phi) is 5.38. The third kappa shape index (κ3) is 4.00. The van der Waals surface area contributed by atoms with Gasteiger partial charge in [-0.05, 0) is 62.8 Å². The molecule has 1 saturated heterocycles. The number of anilines is 1. The monoisotopic (exact) mass is 386 g/mol. The number of likely N-dealkylation sites (tertiary alicyclic amines) is 1. The Hall–Kier alpha value is -1.69. The van der Waals surface area contributed by atoms with Crippen molar-refractivity contribution >= 4 is 39.0 Å². The first-order valence-electron chi connectivity index (χ1n) is 9.13. The Labute approximate surface area is 163 Å². The number of rotatable bonds is 5. The Morgan fingerprint density at radius 1 is 1.27 bits per heavy atom. The first kappa shape index (κ1) is 17.7. The van der Waals surface area contributed by atoms with Crippen LogP contribution in [0.25, 0.3) is 20.7 Å². The van der Waals surface area contributed by atoms with E-state index in [9.17, 15) is 0 Å². The van der Waals surface area contributed by atoms with Gasteiger partial charge in [-0.1, -0.05) is 29.8 Å². The van der Waals surface area contributed by atoms with Crippen LogP contribution < -0.4 is 5.32 Å². The molecule has 0 unspecified atom stereocenters. The number of thiophene rings is 1. The van der Waals surface area contributed by atoms with Gasteiger partial charge in [-0.2, -0.15) is 0 Å². The Morgan fingerprint density at radius 2 is 2.08 bits per heavy atom. The molecule has 2 aromatic heterocycles. The Balaban J connectivity index is 1.44. The molecule has 3 aromatic rings. The molecule has 0 amide bonds. The van der Waals surface area contributed by atoms with E-state index >= 15 is 0 Å². The number of fused-ring (bicyclic) bond motifs is 1. The average molecular weight is 387 g/mol. The van der Waals surface area contributed by atoms with Gasteiger partial charge in [-0.15, -0.1) is 11.3 Å². The van der Waals surface area contributed by atoms with E-state index in [1.165, 1.54) is 36.0 Å². The zero-order chi connectivity index (χ0) is 17.9. The number of halogens is 1. The lowest BCUT2D eigenvalue weighted by Crippen LogP contribution is -2.30. The minimum Gasteiger partial charge on any atom is -0.354 e. The van der Waals surface area contributed by atoms with Crippen molar-refractivity contribution in [2.24, 2.45) is 5.92 Å². The molecule has 0 radical (unpaired) electrons. The van der Waals surface area contributed by atoms with Crippen LogP contribution >= 0.6 is 22.9 Å². The maximum absolute atomic E-state index is 6.38. The zero-order valence-corrected chi connectivity index (χ0v) is 16.5. The van der Waals surface area contributed by atoms with Crippen molar-refractivity contribution in [3.63, 3.8) is 0 Å². The normalized spacial score (nSPS) is 16.2.